The molecule has 0 spiro atoms. The minimum absolute atomic E-state index is 0.528. The van der Waals surface area contributed by atoms with E-state index in [1.807, 2.05) is 6.08 Å². The van der Waals surface area contributed by atoms with Gasteiger partial charge in [0, 0.05) is 6.04 Å². The van der Waals surface area contributed by atoms with E-state index in [9.17, 15) is 0 Å². The largest absolute Gasteiger partial charge is 0.317 e. The summed E-state index contributed by atoms with van der Waals surface area (Å²) in [6, 6.07) is 0.704. The second kappa shape index (κ2) is 6.44. The molecule has 0 saturated heterocycles. The summed E-state index contributed by atoms with van der Waals surface area (Å²) in [6.45, 7) is 8.71. The van der Waals surface area contributed by atoms with Crippen molar-refractivity contribution in [2.24, 2.45) is 11.3 Å². The maximum absolute atomic E-state index is 3.80. The molecule has 0 aromatic heterocycles. The zero-order valence-electron chi connectivity index (χ0n) is 11.4. The number of rotatable bonds is 6. The quantitative estimate of drug-likeness (QED) is 0.527. The maximum Gasteiger partial charge on any atom is 0.00975 e. The van der Waals surface area contributed by atoms with Crippen molar-refractivity contribution in [1.82, 2.24) is 5.32 Å². The van der Waals surface area contributed by atoms with Gasteiger partial charge in [-0.2, -0.15) is 0 Å². The van der Waals surface area contributed by atoms with Gasteiger partial charge >= 0.3 is 0 Å². The van der Waals surface area contributed by atoms with Crippen molar-refractivity contribution in [1.29, 1.82) is 0 Å². The normalized spacial score (nSPS) is 26.3. The van der Waals surface area contributed by atoms with Crippen molar-refractivity contribution >= 4 is 0 Å². The Morgan fingerprint density at radius 2 is 2.19 bits per heavy atom. The summed E-state index contributed by atoms with van der Waals surface area (Å²) in [7, 11) is 2.13. The Balaban J connectivity index is 2.52. The van der Waals surface area contributed by atoms with Crippen LogP contribution in [0.2, 0.25) is 0 Å². The predicted octanol–water partition coefficient (Wildman–Crippen LogP) is 4.15. The van der Waals surface area contributed by atoms with Crippen LogP contribution in [-0.4, -0.2) is 13.1 Å². The van der Waals surface area contributed by atoms with Crippen LogP contribution in [0.25, 0.3) is 0 Å². The Hall–Kier alpha value is -0.300. The van der Waals surface area contributed by atoms with E-state index in [0.717, 1.165) is 12.3 Å². The van der Waals surface area contributed by atoms with Crippen LogP contribution in [0.5, 0.6) is 0 Å². The van der Waals surface area contributed by atoms with Gasteiger partial charge in [0.1, 0.15) is 0 Å². The van der Waals surface area contributed by atoms with Gasteiger partial charge in [0.05, 0.1) is 0 Å². The van der Waals surface area contributed by atoms with Crippen LogP contribution in [0.1, 0.15) is 58.8 Å². The van der Waals surface area contributed by atoms with E-state index in [0.29, 0.717) is 11.5 Å². The van der Waals surface area contributed by atoms with Gasteiger partial charge in [0.25, 0.3) is 0 Å². The molecule has 16 heavy (non-hydrogen) atoms. The van der Waals surface area contributed by atoms with Gasteiger partial charge in [-0.25, -0.2) is 0 Å². The van der Waals surface area contributed by atoms with Crippen LogP contribution >= 0.6 is 0 Å². The molecule has 0 aromatic carbocycles. The number of hydrogen-bond donors (Lipinski definition) is 1. The molecular weight excluding hydrogens is 194 g/mol. The Morgan fingerprint density at radius 3 is 2.75 bits per heavy atom. The SMILES string of the molecule is C=CCCCC(NC)C1CCCCC1(C)C. The van der Waals surface area contributed by atoms with Gasteiger partial charge in [-0.1, -0.05) is 32.8 Å². The lowest BCUT2D eigenvalue weighted by molar-refractivity contribution is 0.0970. The molecule has 94 valence electrons. The van der Waals surface area contributed by atoms with Crippen molar-refractivity contribution in [3.63, 3.8) is 0 Å². The topological polar surface area (TPSA) is 12.0 Å². The van der Waals surface area contributed by atoms with E-state index in [4.69, 9.17) is 0 Å². The Labute approximate surface area is 102 Å². The second-order valence-corrected chi connectivity index (χ2v) is 5.96. The van der Waals surface area contributed by atoms with Crippen LogP contribution in [0, 0.1) is 11.3 Å². The van der Waals surface area contributed by atoms with Crippen molar-refractivity contribution in [3.8, 4) is 0 Å². The van der Waals surface area contributed by atoms with Crippen LogP contribution in [-0.2, 0) is 0 Å². The van der Waals surface area contributed by atoms with Gasteiger partial charge in [-0.05, 0) is 50.5 Å². The molecule has 0 aromatic rings. The zero-order valence-corrected chi connectivity index (χ0v) is 11.4. The zero-order chi connectivity index (χ0) is 12.0. The molecule has 0 heterocycles. The van der Waals surface area contributed by atoms with Gasteiger partial charge in [-0.3, -0.25) is 0 Å². The minimum Gasteiger partial charge on any atom is -0.317 e. The van der Waals surface area contributed by atoms with E-state index in [2.05, 4.69) is 32.8 Å². The molecule has 0 aliphatic heterocycles. The highest BCUT2D eigenvalue weighted by Crippen LogP contribution is 2.43. The first-order valence-corrected chi connectivity index (χ1v) is 6.90. The van der Waals surface area contributed by atoms with Crippen LogP contribution in [0.4, 0.5) is 0 Å². The fourth-order valence-electron chi connectivity index (χ4n) is 3.30. The van der Waals surface area contributed by atoms with Gasteiger partial charge < -0.3 is 5.32 Å². The lowest BCUT2D eigenvalue weighted by Crippen LogP contribution is -2.43. The monoisotopic (exact) mass is 223 g/mol. The first-order chi connectivity index (χ1) is 7.61. The Morgan fingerprint density at radius 1 is 1.44 bits per heavy atom. The summed E-state index contributed by atoms with van der Waals surface area (Å²) in [5.41, 5.74) is 0.528. The van der Waals surface area contributed by atoms with E-state index >= 15 is 0 Å². The molecule has 2 atom stereocenters. The molecule has 1 heteroatoms. The molecule has 1 fully saturated rings. The third-order valence-electron chi connectivity index (χ3n) is 4.37. The summed E-state index contributed by atoms with van der Waals surface area (Å²) in [4.78, 5) is 0. The maximum atomic E-state index is 3.80. The van der Waals surface area contributed by atoms with Gasteiger partial charge in [0.15, 0.2) is 0 Å². The standard InChI is InChI=1S/C15H29N/c1-5-6-7-11-14(16-4)13-10-8-9-12-15(13,2)3/h5,13-14,16H,1,6-12H2,2-4H3. The van der Waals surface area contributed by atoms with Crippen LogP contribution in [0.15, 0.2) is 12.7 Å². The number of allylic oxidation sites excluding steroid dienone is 1. The first-order valence-electron chi connectivity index (χ1n) is 6.90. The van der Waals surface area contributed by atoms with Crippen LogP contribution < -0.4 is 5.32 Å². The van der Waals surface area contributed by atoms with Gasteiger partial charge in [0.2, 0.25) is 0 Å². The van der Waals surface area contributed by atoms with Gasteiger partial charge in [-0.15, -0.1) is 6.58 Å². The van der Waals surface area contributed by atoms with Crippen molar-refractivity contribution in [2.45, 2.75) is 64.8 Å². The summed E-state index contributed by atoms with van der Waals surface area (Å²) < 4.78 is 0. The number of hydrogen-bond acceptors (Lipinski definition) is 1. The summed E-state index contributed by atoms with van der Waals surface area (Å²) >= 11 is 0. The fraction of sp³-hybridized carbons (Fsp3) is 0.867. The summed E-state index contributed by atoms with van der Waals surface area (Å²) in [5, 5.41) is 3.55. The molecule has 1 nitrogen and oxygen atoms in total. The number of nitrogens with one attached hydrogen (secondary N) is 1. The molecule has 1 aliphatic carbocycles. The first kappa shape index (κ1) is 13.8. The molecule has 0 amide bonds. The van der Waals surface area contributed by atoms with E-state index < -0.39 is 0 Å². The lowest BCUT2D eigenvalue weighted by Gasteiger charge is -2.43. The van der Waals surface area contributed by atoms with Crippen LogP contribution in [0.3, 0.4) is 0 Å². The van der Waals surface area contributed by atoms with Crippen molar-refractivity contribution in [2.75, 3.05) is 7.05 Å². The fourth-order valence-corrected chi connectivity index (χ4v) is 3.30. The lowest BCUT2D eigenvalue weighted by atomic mass is 9.65. The van der Waals surface area contributed by atoms with Crippen molar-refractivity contribution in [3.05, 3.63) is 12.7 Å². The number of unbranched alkanes of at least 4 members (excludes halogenated alkanes) is 1. The van der Waals surface area contributed by atoms with E-state index in [-0.39, 0.29) is 0 Å². The average Bonchev–Trinajstić information content (AvgIpc) is 2.25. The second-order valence-electron chi connectivity index (χ2n) is 5.96. The highest BCUT2D eigenvalue weighted by molar-refractivity contribution is 4.90. The average molecular weight is 223 g/mol. The molecule has 1 saturated carbocycles. The third kappa shape index (κ3) is 3.62. The highest BCUT2D eigenvalue weighted by atomic mass is 14.9. The molecule has 1 rings (SSSR count). The molecule has 1 N–H and O–H groups in total. The van der Waals surface area contributed by atoms with E-state index in [1.54, 1.807) is 0 Å². The summed E-state index contributed by atoms with van der Waals surface area (Å²) in [5.74, 6) is 0.857. The minimum atomic E-state index is 0.528. The molecular formula is C15H29N. The van der Waals surface area contributed by atoms with Crippen molar-refractivity contribution < 1.29 is 0 Å². The van der Waals surface area contributed by atoms with E-state index in [1.165, 1.54) is 38.5 Å². The molecule has 0 bridgehead atoms. The highest BCUT2D eigenvalue weighted by Gasteiger charge is 2.36. The molecule has 0 radical (unpaired) electrons. The summed E-state index contributed by atoms with van der Waals surface area (Å²) in [6.07, 6.45) is 11.4. The Bertz CT molecular complexity index is 207. The smallest absolute Gasteiger partial charge is 0.00975 e. The Kier molecular flexibility index (Phi) is 5.54. The third-order valence-corrected chi connectivity index (χ3v) is 4.37. The molecule has 2 unspecified atom stereocenters. The molecule has 1 aliphatic rings. The predicted molar refractivity (Wildman–Crippen MR) is 72.6 cm³/mol.